The predicted octanol–water partition coefficient (Wildman–Crippen LogP) is 2.40. The summed E-state index contributed by atoms with van der Waals surface area (Å²) < 4.78 is 27.1. The Morgan fingerprint density at radius 2 is 2.28 bits per heavy atom. The second-order valence-corrected chi connectivity index (χ2v) is 6.12. The molecule has 0 saturated carbocycles. The quantitative estimate of drug-likeness (QED) is 0.916. The van der Waals surface area contributed by atoms with E-state index in [1.165, 1.54) is 0 Å². The maximum absolute atomic E-state index is 13.8. The molecule has 0 aromatic heterocycles. The number of nitrogens with zero attached hydrogens (tertiary/aromatic N) is 1. The minimum Gasteiger partial charge on any atom is -0.329 e. The van der Waals surface area contributed by atoms with E-state index in [0.717, 1.165) is 24.9 Å². The Labute approximate surface area is 111 Å². The van der Waals surface area contributed by atoms with Crippen molar-refractivity contribution in [3.05, 3.63) is 35.4 Å². The molecule has 2 nitrogen and oxygen atoms in total. The summed E-state index contributed by atoms with van der Waals surface area (Å²) in [7, 11) is 0. The van der Waals surface area contributed by atoms with Crippen molar-refractivity contribution < 1.29 is 8.78 Å². The fraction of sp³-hybridized carbons (Fsp3) is 0.538. The Kier molecular flexibility index (Phi) is 4.59. The average Bonchev–Trinajstić information content (AvgIpc) is 2.35. The molecule has 0 spiro atoms. The monoisotopic (exact) mass is 272 g/mol. The van der Waals surface area contributed by atoms with Crippen LogP contribution in [-0.2, 0) is 0 Å². The molecule has 1 saturated heterocycles. The molecule has 0 bridgehead atoms. The van der Waals surface area contributed by atoms with E-state index in [1.54, 1.807) is 12.1 Å². The zero-order chi connectivity index (χ0) is 13.1. The first-order valence-electron chi connectivity index (χ1n) is 6.13. The highest BCUT2D eigenvalue weighted by Gasteiger charge is 2.27. The molecular formula is C13H18F2N2S. The summed E-state index contributed by atoms with van der Waals surface area (Å²) in [6.45, 7) is 4.18. The van der Waals surface area contributed by atoms with Crippen molar-refractivity contribution >= 4 is 11.8 Å². The highest BCUT2D eigenvalue weighted by Crippen LogP contribution is 2.28. The molecule has 1 aliphatic heterocycles. The molecule has 1 fully saturated rings. The summed E-state index contributed by atoms with van der Waals surface area (Å²) >= 11 is 1.90. The van der Waals surface area contributed by atoms with Crippen LogP contribution in [0.15, 0.2) is 18.2 Å². The highest BCUT2D eigenvalue weighted by molar-refractivity contribution is 7.99. The molecule has 2 unspecified atom stereocenters. The van der Waals surface area contributed by atoms with Crippen molar-refractivity contribution in [3.63, 3.8) is 0 Å². The molecule has 1 aliphatic rings. The minimum atomic E-state index is -0.801. The number of hydrogen-bond acceptors (Lipinski definition) is 3. The lowest BCUT2D eigenvalue weighted by Crippen LogP contribution is -2.42. The fourth-order valence-corrected chi connectivity index (χ4v) is 3.42. The van der Waals surface area contributed by atoms with Crippen LogP contribution in [0.5, 0.6) is 0 Å². The largest absolute Gasteiger partial charge is 0.329 e. The Morgan fingerprint density at radius 3 is 2.94 bits per heavy atom. The van der Waals surface area contributed by atoms with E-state index >= 15 is 0 Å². The molecule has 0 aliphatic carbocycles. The molecule has 1 aromatic rings. The molecule has 5 heteroatoms. The van der Waals surface area contributed by atoms with Crippen LogP contribution in [-0.4, -0.2) is 35.5 Å². The third kappa shape index (κ3) is 2.84. The van der Waals surface area contributed by atoms with Crippen LogP contribution in [0, 0.1) is 11.6 Å². The van der Waals surface area contributed by atoms with Crippen LogP contribution in [0.25, 0.3) is 0 Å². The van der Waals surface area contributed by atoms with Crippen LogP contribution in [0.3, 0.4) is 0 Å². The van der Waals surface area contributed by atoms with Gasteiger partial charge in [0.2, 0.25) is 0 Å². The Balaban J connectivity index is 2.24. The number of thioether (sulfide) groups is 1. The van der Waals surface area contributed by atoms with Crippen molar-refractivity contribution in [2.75, 3.05) is 25.4 Å². The standard InChI is InChI=1S/C13H18F2N2S/c1-9-8-17(5-6-18-9)12(7-16)10-3-2-4-11(14)13(10)15/h2-4,9,12H,5-8,16H2,1H3. The lowest BCUT2D eigenvalue weighted by atomic mass is 10.0. The van der Waals surface area contributed by atoms with Gasteiger partial charge in [-0.15, -0.1) is 0 Å². The molecular weight excluding hydrogens is 254 g/mol. The zero-order valence-electron chi connectivity index (χ0n) is 10.4. The molecule has 1 heterocycles. The smallest absolute Gasteiger partial charge is 0.163 e. The summed E-state index contributed by atoms with van der Waals surface area (Å²) in [5, 5.41) is 0.504. The van der Waals surface area contributed by atoms with Gasteiger partial charge < -0.3 is 5.73 Å². The minimum absolute atomic E-state index is 0.232. The lowest BCUT2D eigenvalue weighted by Gasteiger charge is -2.36. The van der Waals surface area contributed by atoms with E-state index < -0.39 is 11.6 Å². The Hall–Kier alpha value is -0.650. The number of hydrogen-bond donors (Lipinski definition) is 1. The van der Waals surface area contributed by atoms with E-state index in [-0.39, 0.29) is 6.04 Å². The summed E-state index contributed by atoms with van der Waals surface area (Å²) in [5.41, 5.74) is 6.13. The van der Waals surface area contributed by atoms with Gasteiger partial charge in [0.1, 0.15) is 0 Å². The SMILES string of the molecule is CC1CN(C(CN)c2cccc(F)c2F)CCS1. The highest BCUT2D eigenvalue weighted by atomic mass is 32.2. The zero-order valence-corrected chi connectivity index (χ0v) is 11.2. The summed E-state index contributed by atoms with van der Waals surface area (Å²) in [4.78, 5) is 2.15. The van der Waals surface area contributed by atoms with E-state index in [1.807, 2.05) is 11.8 Å². The van der Waals surface area contributed by atoms with E-state index in [0.29, 0.717) is 17.4 Å². The maximum atomic E-state index is 13.8. The first kappa shape index (κ1) is 13.8. The van der Waals surface area contributed by atoms with Gasteiger partial charge in [0.25, 0.3) is 0 Å². The third-order valence-electron chi connectivity index (χ3n) is 3.28. The molecule has 18 heavy (non-hydrogen) atoms. The molecule has 0 amide bonds. The predicted molar refractivity (Wildman–Crippen MR) is 71.6 cm³/mol. The number of benzene rings is 1. The van der Waals surface area contributed by atoms with Crippen molar-refractivity contribution in [2.24, 2.45) is 5.73 Å². The first-order valence-corrected chi connectivity index (χ1v) is 7.18. The van der Waals surface area contributed by atoms with Crippen LogP contribution in [0.2, 0.25) is 0 Å². The number of rotatable bonds is 3. The molecule has 0 radical (unpaired) electrons. The second-order valence-electron chi connectivity index (χ2n) is 4.57. The van der Waals surface area contributed by atoms with Gasteiger partial charge in [-0.25, -0.2) is 8.78 Å². The van der Waals surface area contributed by atoms with E-state index in [2.05, 4.69) is 11.8 Å². The van der Waals surface area contributed by atoms with Gasteiger partial charge in [-0.2, -0.15) is 11.8 Å². The summed E-state index contributed by atoms with van der Waals surface area (Å²) in [6, 6.07) is 4.08. The third-order valence-corrected chi connectivity index (χ3v) is 4.41. The lowest BCUT2D eigenvalue weighted by molar-refractivity contribution is 0.206. The number of halogens is 2. The first-order chi connectivity index (χ1) is 8.63. The van der Waals surface area contributed by atoms with Crippen LogP contribution in [0.1, 0.15) is 18.5 Å². The molecule has 1 aromatic carbocycles. The number of nitrogens with two attached hydrogens (primary N) is 1. The van der Waals surface area contributed by atoms with Crippen LogP contribution in [0.4, 0.5) is 8.78 Å². The normalized spacial score (nSPS) is 23.0. The van der Waals surface area contributed by atoms with Gasteiger partial charge >= 0.3 is 0 Å². The van der Waals surface area contributed by atoms with Gasteiger partial charge in [-0.3, -0.25) is 4.90 Å². The molecule has 2 N–H and O–H groups in total. The molecule has 2 rings (SSSR count). The fourth-order valence-electron chi connectivity index (χ4n) is 2.38. The van der Waals surface area contributed by atoms with Crippen molar-refractivity contribution in [3.8, 4) is 0 Å². The van der Waals surface area contributed by atoms with Gasteiger partial charge in [-0.1, -0.05) is 19.1 Å². The molecule has 2 atom stereocenters. The Morgan fingerprint density at radius 1 is 1.50 bits per heavy atom. The average molecular weight is 272 g/mol. The van der Waals surface area contributed by atoms with Crippen LogP contribution >= 0.6 is 11.8 Å². The summed E-state index contributed by atoms with van der Waals surface area (Å²) in [5.74, 6) is -0.557. The van der Waals surface area contributed by atoms with E-state index in [4.69, 9.17) is 5.73 Å². The van der Waals surface area contributed by atoms with Gasteiger partial charge in [-0.05, 0) is 6.07 Å². The van der Waals surface area contributed by atoms with Gasteiger partial charge in [0.15, 0.2) is 11.6 Å². The Bertz CT molecular complexity index is 414. The van der Waals surface area contributed by atoms with Crippen molar-refractivity contribution in [2.45, 2.75) is 18.2 Å². The second kappa shape index (κ2) is 5.99. The van der Waals surface area contributed by atoms with Crippen LogP contribution < -0.4 is 5.73 Å². The molecule has 100 valence electrons. The van der Waals surface area contributed by atoms with Gasteiger partial charge in [0, 0.05) is 36.2 Å². The van der Waals surface area contributed by atoms with Gasteiger partial charge in [0.05, 0.1) is 6.04 Å². The van der Waals surface area contributed by atoms with E-state index in [9.17, 15) is 8.78 Å². The topological polar surface area (TPSA) is 29.3 Å². The maximum Gasteiger partial charge on any atom is 0.163 e. The van der Waals surface area contributed by atoms with Crippen molar-refractivity contribution in [1.82, 2.24) is 4.90 Å². The van der Waals surface area contributed by atoms with Crippen molar-refractivity contribution in [1.29, 1.82) is 0 Å². The summed E-state index contributed by atoms with van der Waals surface area (Å²) in [6.07, 6.45) is 0.